The number of esters is 1. The van der Waals surface area contributed by atoms with Gasteiger partial charge in [0.05, 0.1) is 13.7 Å². The number of amides is 3. The first-order valence-electron chi connectivity index (χ1n) is 9.07. The third-order valence-corrected chi connectivity index (χ3v) is 5.17. The molecule has 0 radical (unpaired) electrons. The Bertz CT molecular complexity index is 850. The quantitative estimate of drug-likeness (QED) is 0.562. The van der Waals surface area contributed by atoms with E-state index in [9.17, 15) is 19.2 Å². The third kappa shape index (κ3) is 3.49. The highest BCUT2D eigenvalue weighted by Crippen LogP contribution is 2.29. The molecule has 1 saturated heterocycles. The summed E-state index contributed by atoms with van der Waals surface area (Å²) in [6, 6.07) is 4.23. The predicted molar refractivity (Wildman–Crippen MR) is 102 cm³/mol. The van der Waals surface area contributed by atoms with Gasteiger partial charge in [-0.25, -0.2) is 4.79 Å². The van der Waals surface area contributed by atoms with Crippen LogP contribution in [-0.2, 0) is 25.5 Å². The summed E-state index contributed by atoms with van der Waals surface area (Å²) in [5.74, 6) is -1.40. The van der Waals surface area contributed by atoms with Crippen LogP contribution in [0, 0.1) is 0 Å². The summed E-state index contributed by atoms with van der Waals surface area (Å²) in [4.78, 5) is 53.7. The monoisotopic (exact) mass is 385 g/mol. The molecule has 2 aliphatic rings. The fourth-order valence-corrected chi connectivity index (χ4v) is 3.62. The molecular formula is C20H23N3O5. The molecule has 2 heterocycles. The number of hydrogen-bond acceptors (Lipinski definition) is 5. The Hall–Kier alpha value is -3.16. The van der Waals surface area contributed by atoms with E-state index in [1.54, 1.807) is 30.1 Å². The summed E-state index contributed by atoms with van der Waals surface area (Å²) >= 11 is 0. The number of nitrogens with zero attached hydrogens (tertiary/aromatic N) is 3. The molecule has 0 N–H and O–H groups in total. The van der Waals surface area contributed by atoms with Crippen molar-refractivity contribution >= 4 is 29.4 Å². The molecule has 148 valence electrons. The molecule has 0 saturated carbocycles. The van der Waals surface area contributed by atoms with E-state index in [-0.39, 0.29) is 24.9 Å². The number of hydrogen-bond donors (Lipinski definition) is 0. The molecule has 0 spiro atoms. The van der Waals surface area contributed by atoms with Crippen LogP contribution < -0.4 is 4.90 Å². The van der Waals surface area contributed by atoms with E-state index in [4.69, 9.17) is 4.74 Å². The molecule has 1 fully saturated rings. The second-order valence-corrected chi connectivity index (χ2v) is 6.89. The molecular weight excluding hydrogens is 362 g/mol. The molecule has 1 aromatic rings. The lowest BCUT2D eigenvalue weighted by Gasteiger charge is -2.38. The minimum atomic E-state index is -0.852. The fraction of sp³-hybridized carbons (Fsp3) is 0.400. The van der Waals surface area contributed by atoms with Crippen molar-refractivity contribution in [2.75, 3.05) is 38.7 Å². The van der Waals surface area contributed by atoms with Crippen LogP contribution >= 0.6 is 0 Å². The molecule has 8 heteroatoms. The van der Waals surface area contributed by atoms with Crippen molar-refractivity contribution in [3.63, 3.8) is 0 Å². The number of fused-ring (bicyclic) bond motifs is 1. The number of benzene rings is 1. The van der Waals surface area contributed by atoms with Crippen LogP contribution in [0.4, 0.5) is 5.69 Å². The first-order chi connectivity index (χ1) is 13.4. The normalized spacial score (nSPS) is 19.1. The summed E-state index contributed by atoms with van der Waals surface area (Å²) in [7, 11) is 2.84. The zero-order valence-corrected chi connectivity index (χ0v) is 16.0. The van der Waals surface area contributed by atoms with Crippen LogP contribution in [0.2, 0.25) is 0 Å². The molecule has 0 aromatic heterocycles. The van der Waals surface area contributed by atoms with Gasteiger partial charge in [0.15, 0.2) is 0 Å². The Balaban J connectivity index is 1.91. The van der Waals surface area contributed by atoms with Crippen molar-refractivity contribution in [2.45, 2.75) is 18.9 Å². The van der Waals surface area contributed by atoms with Gasteiger partial charge in [0.1, 0.15) is 12.6 Å². The Labute approximate surface area is 163 Å². The van der Waals surface area contributed by atoms with Gasteiger partial charge >= 0.3 is 5.97 Å². The number of rotatable bonds is 3. The molecule has 1 aromatic carbocycles. The minimum absolute atomic E-state index is 0.0871. The van der Waals surface area contributed by atoms with E-state index >= 15 is 0 Å². The molecule has 2 aliphatic heterocycles. The van der Waals surface area contributed by atoms with Gasteiger partial charge in [0.25, 0.3) is 5.91 Å². The minimum Gasteiger partial charge on any atom is -0.467 e. The standard InChI is InChI=1S/C20H23N3O5/c1-4-17(24)22-9-5-6-13-10-14(7-8-15(13)22)19(26)23-12-18(25)21(2)11-16(23)20(27)28-3/h4,7-8,10,16H,1,5-6,9,11-12H2,2-3H3. The van der Waals surface area contributed by atoms with Crippen LogP contribution in [0.15, 0.2) is 30.9 Å². The SMILES string of the molecule is C=CC(=O)N1CCCc2cc(C(=O)N3CC(=O)N(C)CC3C(=O)OC)ccc21. The van der Waals surface area contributed by atoms with Gasteiger partial charge in [-0.3, -0.25) is 14.4 Å². The first-order valence-corrected chi connectivity index (χ1v) is 9.07. The predicted octanol–water partition coefficient (Wildman–Crippen LogP) is 0.608. The lowest BCUT2D eigenvalue weighted by atomic mass is 9.98. The average molecular weight is 385 g/mol. The number of aryl methyl sites for hydroxylation is 1. The molecule has 8 nitrogen and oxygen atoms in total. The summed E-state index contributed by atoms with van der Waals surface area (Å²) < 4.78 is 4.81. The highest BCUT2D eigenvalue weighted by molar-refractivity contribution is 6.03. The van der Waals surface area contributed by atoms with Gasteiger partial charge < -0.3 is 19.4 Å². The zero-order valence-electron chi connectivity index (χ0n) is 16.0. The van der Waals surface area contributed by atoms with Crippen LogP contribution in [0.5, 0.6) is 0 Å². The lowest BCUT2D eigenvalue weighted by molar-refractivity contribution is -0.151. The smallest absolute Gasteiger partial charge is 0.330 e. The fourth-order valence-electron chi connectivity index (χ4n) is 3.62. The number of carbonyl (C=O) groups is 4. The number of methoxy groups -OCH3 is 1. The number of anilines is 1. The maximum atomic E-state index is 13.1. The highest BCUT2D eigenvalue weighted by Gasteiger charge is 2.39. The van der Waals surface area contributed by atoms with Crippen molar-refractivity contribution in [2.24, 2.45) is 0 Å². The zero-order chi connectivity index (χ0) is 20.4. The molecule has 0 aliphatic carbocycles. The Morgan fingerprint density at radius 3 is 2.71 bits per heavy atom. The third-order valence-electron chi connectivity index (χ3n) is 5.17. The van der Waals surface area contributed by atoms with Gasteiger partial charge in [0.2, 0.25) is 11.8 Å². The van der Waals surface area contributed by atoms with Crippen LogP contribution in [0.3, 0.4) is 0 Å². The van der Waals surface area contributed by atoms with Gasteiger partial charge in [0, 0.05) is 24.8 Å². The number of likely N-dealkylation sites (N-methyl/N-ethyl adjacent to an activating group) is 1. The summed E-state index contributed by atoms with van der Waals surface area (Å²) in [6.45, 7) is 4.03. The van der Waals surface area contributed by atoms with E-state index in [0.29, 0.717) is 12.1 Å². The summed E-state index contributed by atoms with van der Waals surface area (Å²) in [5, 5.41) is 0. The summed E-state index contributed by atoms with van der Waals surface area (Å²) in [5.41, 5.74) is 2.01. The average Bonchev–Trinajstić information content (AvgIpc) is 2.72. The largest absolute Gasteiger partial charge is 0.467 e. The number of carbonyl (C=O) groups excluding carboxylic acids is 4. The number of ether oxygens (including phenoxy) is 1. The van der Waals surface area contributed by atoms with Crippen LogP contribution in [-0.4, -0.2) is 73.3 Å². The van der Waals surface area contributed by atoms with Crippen molar-refractivity contribution in [1.82, 2.24) is 9.80 Å². The second kappa shape index (κ2) is 7.84. The van der Waals surface area contributed by atoms with E-state index in [1.807, 2.05) is 0 Å². The van der Waals surface area contributed by atoms with Gasteiger partial charge in [-0.1, -0.05) is 6.58 Å². The molecule has 28 heavy (non-hydrogen) atoms. The van der Waals surface area contributed by atoms with E-state index in [2.05, 4.69) is 6.58 Å². The van der Waals surface area contributed by atoms with Crippen LogP contribution in [0.25, 0.3) is 0 Å². The topological polar surface area (TPSA) is 87.2 Å². The van der Waals surface area contributed by atoms with Gasteiger partial charge in [-0.2, -0.15) is 0 Å². The van der Waals surface area contributed by atoms with E-state index in [1.165, 1.54) is 23.0 Å². The van der Waals surface area contributed by atoms with Gasteiger partial charge in [-0.05, 0) is 42.7 Å². The molecule has 1 atom stereocenters. The Morgan fingerprint density at radius 2 is 2.04 bits per heavy atom. The van der Waals surface area contributed by atoms with Crippen molar-refractivity contribution in [3.8, 4) is 0 Å². The second-order valence-electron chi connectivity index (χ2n) is 6.89. The molecule has 3 amide bonds. The van der Waals surface area contributed by atoms with E-state index in [0.717, 1.165) is 24.1 Å². The van der Waals surface area contributed by atoms with Crippen LogP contribution in [0.1, 0.15) is 22.3 Å². The summed E-state index contributed by atoms with van der Waals surface area (Å²) in [6.07, 6.45) is 2.78. The van der Waals surface area contributed by atoms with Gasteiger partial charge in [-0.15, -0.1) is 0 Å². The molecule has 3 rings (SSSR count). The van der Waals surface area contributed by atoms with Crippen molar-refractivity contribution < 1.29 is 23.9 Å². The Morgan fingerprint density at radius 1 is 1.29 bits per heavy atom. The number of piperazine rings is 1. The van der Waals surface area contributed by atoms with Crippen molar-refractivity contribution in [3.05, 3.63) is 42.0 Å². The molecule has 0 bridgehead atoms. The molecule has 1 unspecified atom stereocenters. The van der Waals surface area contributed by atoms with Crippen molar-refractivity contribution in [1.29, 1.82) is 0 Å². The first kappa shape index (κ1) is 19.6. The lowest BCUT2D eigenvalue weighted by Crippen LogP contribution is -2.59. The maximum absolute atomic E-state index is 13.1. The Kier molecular flexibility index (Phi) is 5.48. The maximum Gasteiger partial charge on any atom is 0.330 e. The van der Waals surface area contributed by atoms with E-state index < -0.39 is 17.9 Å². The highest BCUT2D eigenvalue weighted by atomic mass is 16.5.